The number of sulfonamides is 1. The SMILES string of the molecule is CNCCS(=O)(=O)NC1(C)CCOC1. The highest BCUT2D eigenvalue weighted by Crippen LogP contribution is 2.18. The molecular formula is C8H18N2O3S. The molecule has 0 aliphatic carbocycles. The van der Waals surface area contributed by atoms with Gasteiger partial charge in [-0.05, 0) is 20.4 Å². The van der Waals surface area contributed by atoms with Crippen LogP contribution in [-0.4, -0.2) is 46.5 Å². The van der Waals surface area contributed by atoms with Crippen molar-refractivity contribution in [1.82, 2.24) is 10.0 Å². The molecule has 0 radical (unpaired) electrons. The monoisotopic (exact) mass is 222 g/mol. The van der Waals surface area contributed by atoms with Crippen molar-refractivity contribution in [3.63, 3.8) is 0 Å². The van der Waals surface area contributed by atoms with Gasteiger partial charge in [0.2, 0.25) is 10.0 Å². The quantitative estimate of drug-likeness (QED) is 0.646. The normalized spacial score (nSPS) is 28.1. The highest BCUT2D eigenvalue weighted by Gasteiger charge is 2.33. The lowest BCUT2D eigenvalue weighted by Gasteiger charge is -2.23. The number of nitrogens with one attached hydrogen (secondary N) is 2. The molecule has 0 bridgehead atoms. The van der Waals surface area contributed by atoms with Crippen LogP contribution in [-0.2, 0) is 14.8 Å². The summed E-state index contributed by atoms with van der Waals surface area (Å²) in [5, 5.41) is 2.81. The van der Waals surface area contributed by atoms with E-state index in [0.29, 0.717) is 19.8 Å². The Morgan fingerprint density at radius 2 is 2.21 bits per heavy atom. The third-order valence-electron chi connectivity index (χ3n) is 2.24. The highest BCUT2D eigenvalue weighted by atomic mass is 32.2. The van der Waals surface area contributed by atoms with Gasteiger partial charge in [0.25, 0.3) is 0 Å². The summed E-state index contributed by atoms with van der Waals surface area (Å²) in [6.45, 7) is 3.43. The summed E-state index contributed by atoms with van der Waals surface area (Å²) < 4.78 is 30.9. The van der Waals surface area contributed by atoms with E-state index in [9.17, 15) is 8.42 Å². The van der Waals surface area contributed by atoms with Crippen molar-refractivity contribution in [2.45, 2.75) is 18.9 Å². The van der Waals surface area contributed by atoms with Crippen LogP contribution >= 0.6 is 0 Å². The lowest BCUT2D eigenvalue weighted by Crippen LogP contribution is -2.48. The first-order valence-electron chi connectivity index (χ1n) is 4.71. The van der Waals surface area contributed by atoms with Gasteiger partial charge < -0.3 is 10.1 Å². The standard InChI is InChI=1S/C8H18N2O3S/c1-8(3-5-13-7-8)10-14(11,12)6-4-9-2/h9-10H,3-7H2,1-2H3. The van der Waals surface area contributed by atoms with E-state index in [2.05, 4.69) is 10.0 Å². The predicted molar refractivity (Wildman–Crippen MR) is 54.7 cm³/mol. The second-order valence-electron chi connectivity index (χ2n) is 3.89. The van der Waals surface area contributed by atoms with Gasteiger partial charge in [0.05, 0.1) is 17.9 Å². The van der Waals surface area contributed by atoms with Crippen LogP contribution in [0.25, 0.3) is 0 Å². The van der Waals surface area contributed by atoms with Crippen LogP contribution in [0.3, 0.4) is 0 Å². The predicted octanol–water partition coefficient (Wildman–Crippen LogP) is -0.696. The maximum Gasteiger partial charge on any atom is 0.213 e. The summed E-state index contributed by atoms with van der Waals surface area (Å²) in [6.07, 6.45) is 0.742. The van der Waals surface area contributed by atoms with Crippen LogP contribution < -0.4 is 10.0 Å². The molecule has 0 amide bonds. The summed E-state index contributed by atoms with van der Waals surface area (Å²) in [4.78, 5) is 0. The first-order valence-corrected chi connectivity index (χ1v) is 6.37. The van der Waals surface area contributed by atoms with Gasteiger partial charge >= 0.3 is 0 Å². The second kappa shape index (κ2) is 4.57. The Labute approximate surface area is 85.3 Å². The Hall–Kier alpha value is -0.170. The maximum absolute atomic E-state index is 11.5. The largest absolute Gasteiger partial charge is 0.379 e. The van der Waals surface area contributed by atoms with E-state index in [4.69, 9.17) is 4.74 Å². The molecule has 1 rings (SSSR count). The van der Waals surface area contributed by atoms with E-state index < -0.39 is 15.6 Å². The minimum Gasteiger partial charge on any atom is -0.379 e. The van der Waals surface area contributed by atoms with Crippen molar-refractivity contribution in [1.29, 1.82) is 0 Å². The zero-order valence-corrected chi connectivity index (χ0v) is 9.49. The van der Waals surface area contributed by atoms with Gasteiger partial charge in [-0.15, -0.1) is 0 Å². The number of ether oxygens (including phenoxy) is 1. The van der Waals surface area contributed by atoms with Crippen LogP contribution in [0.1, 0.15) is 13.3 Å². The highest BCUT2D eigenvalue weighted by molar-refractivity contribution is 7.89. The lowest BCUT2D eigenvalue weighted by atomic mass is 10.0. The van der Waals surface area contributed by atoms with E-state index in [1.165, 1.54) is 0 Å². The Morgan fingerprint density at radius 3 is 2.71 bits per heavy atom. The summed E-state index contributed by atoms with van der Waals surface area (Å²) in [5.74, 6) is 0.110. The topological polar surface area (TPSA) is 67.4 Å². The van der Waals surface area contributed by atoms with Gasteiger partial charge in [0.15, 0.2) is 0 Å². The fourth-order valence-corrected chi connectivity index (χ4v) is 2.90. The molecule has 1 fully saturated rings. The molecule has 1 aliphatic heterocycles. The Bertz CT molecular complexity index is 270. The average Bonchev–Trinajstić information content (AvgIpc) is 2.47. The number of rotatable bonds is 5. The van der Waals surface area contributed by atoms with E-state index in [0.717, 1.165) is 6.42 Å². The molecule has 1 saturated heterocycles. The number of hydrogen-bond acceptors (Lipinski definition) is 4. The van der Waals surface area contributed by atoms with Gasteiger partial charge in [-0.3, -0.25) is 0 Å². The van der Waals surface area contributed by atoms with Crippen molar-refractivity contribution >= 4 is 10.0 Å². The maximum atomic E-state index is 11.5. The fraction of sp³-hybridized carbons (Fsp3) is 1.00. The van der Waals surface area contributed by atoms with Gasteiger partial charge in [0, 0.05) is 13.2 Å². The van der Waals surface area contributed by atoms with Gasteiger partial charge in [0.1, 0.15) is 0 Å². The Morgan fingerprint density at radius 1 is 1.50 bits per heavy atom. The molecule has 1 atom stereocenters. The van der Waals surface area contributed by atoms with Crippen LogP contribution in [0.2, 0.25) is 0 Å². The average molecular weight is 222 g/mol. The molecular weight excluding hydrogens is 204 g/mol. The van der Waals surface area contributed by atoms with Gasteiger partial charge in [-0.1, -0.05) is 0 Å². The van der Waals surface area contributed by atoms with Gasteiger partial charge in [-0.2, -0.15) is 0 Å². The molecule has 0 aromatic rings. The smallest absolute Gasteiger partial charge is 0.213 e. The summed E-state index contributed by atoms with van der Waals surface area (Å²) in [7, 11) is -1.45. The Balaban J connectivity index is 2.49. The third-order valence-corrected chi connectivity index (χ3v) is 3.79. The van der Waals surface area contributed by atoms with E-state index in [-0.39, 0.29) is 5.75 Å². The zero-order chi connectivity index (χ0) is 10.7. The molecule has 1 heterocycles. The Kier molecular flexibility index (Phi) is 3.88. The molecule has 6 heteroatoms. The molecule has 84 valence electrons. The molecule has 1 aliphatic rings. The number of hydrogen-bond donors (Lipinski definition) is 2. The van der Waals surface area contributed by atoms with Crippen molar-refractivity contribution in [3.05, 3.63) is 0 Å². The van der Waals surface area contributed by atoms with E-state index in [1.807, 2.05) is 6.92 Å². The first kappa shape index (κ1) is 11.9. The van der Waals surface area contributed by atoms with Crippen LogP contribution in [0.5, 0.6) is 0 Å². The summed E-state index contributed by atoms with van der Waals surface area (Å²) in [6, 6.07) is 0. The van der Waals surface area contributed by atoms with Crippen molar-refractivity contribution in [2.75, 3.05) is 32.6 Å². The zero-order valence-electron chi connectivity index (χ0n) is 8.67. The van der Waals surface area contributed by atoms with Crippen LogP contribution in [0.4, 0.5) is 0 Å². The van der Waals surface area contributed by atoms with Gasteiger partial charge in [-0.25, -0.2) is 13.1 Å². The first-order chi connectivity index (χ1) is 6.47. The van der Waals surface area contributed by atoms with E-state index >= 15 is 0 Å². The summed E-state index contributed by atoms with van der Waals surface area (Å²) in [5.41, 5.74) is -0.410. The van der Waals surface area contributed by atoms with Crippen molar-refractivity contribution in [3.8, 4) is 0 Å². The van der Waals surface area contributed by atoms with Crippen LogP contribution in [0, 0.1) is 0 Å². The second-order valence-corrected chi connectivity index (χ2v) is 5.73. The fourth-order valence-electron chi connectivity index (χ4n) is 1.41. The summed E-state index contributed by atoms with van der Waals surface area (Å²) >= 11 is 0. The third kappa shape index (κ3) is 3.53. The molecule has 0 saturated carbocycles. The van der Waals surface area contributed by atoms with E-state index in [1.54, 1.807) is 7.05 Å². The molecule has 5 nitrogen and oxygen atoms in total. The molecule has 0 aromatic heterocycles. The molecule has 2 N–H and O–H groups in total. The lowest BCUT2D eigenvalue weighted by molar-refractivity contribution is 0.178. The van der Waals surface area contributed by atoms with Crippen molar-refractivity contribution < 1.29 is 13.2 Å². The molecule has 0 spiro atoms. The molecule has 14 heavy (non-hydrogen) atoms. The van der Waals surface area contributed by atoms with Crippen LogP contribution in [0.15, 0.2) is 0 Å². The minimum atomic E-state index is -3.18. The molecule has 1 unspecified atom stereocenters. The van der Waals surface area contributed by atoms with Crippen molar-refractivity contribution in [2.24, 2.45) is 0 Å². The molecule has 0 aromatic carbocycles. The minimum absolute atomic E-state index is 0.110.